The third kappa shape index (κ3) is 3.80. The molecule has 0 unspecified atom stereocenters. The molecule has 0 aliphatic rings. The number of nitrogens with one attached hydrogen (secondary N) is 1. The van der Waals surface area contributed by atoms with Gasteiger partial charge in [-0.05, 0) is 36.8 Å². The number of likely N-dealkylation sites (N-methyl/N-ethyl adjacent to an activating group) is 1. The fourth-order valence-electron chi connectivity index (χ4n) is 2.73. The lowest BCUT2D eigenvalue weighted by Gasteiger charge is -2.13. The van der Waals surface area contributed by atoms with E-state index in [2.05, 4.69) is 10.3 Å². The first-order valence-corrected chi connectivity index (χ1v) is 8.67. The van der Waals surface area contributed by atoms with Crippen molar-refractivity contribution in [2.24, 2.45) is 0 Å². The second-order valence-corrected chi connectivity index (χ2v) is 6.02. The molecule has 1 amide bonds. The Kier molecular flexibility index (Phi) is 5.60. The number of hydrogen-bond acceptors (Lipinski definition) is 6. The summed E-state index contributed by atoms with van der Waals surface area (Å²) in [5.41, 5.74) is 0.415. The van der Waals surface area contributed by atoms with Gasteiger partial charge in [-0.15, -0.1) is 0 Å². The lowest BCUT2D eigenvalue weighted by atomic mass is 10.1. The van der Waals surface area contributed by atoms with Crippen LogP contribution in [0.2, 0.25) is 0 Å². The summed E-state index contributed by atoms with van der Waals surface area (Å²) in [6.45, 7) is 1.81. The van der Waals surface area contributed by atoms with Crippen molar-refractivity contribution in [3.8, 4) is 23.4 Å². The van der Waals surface area contributed by atoms with Crippen molar-refractivity contribution >= 4 is 17.6 Å². The summed E-state index contributed by atoms with van der Waals surface area (Å²) < 4.78 is 12.5. The Balaban J connectivity index is 2.30. The maximum absolute atomic E-state index is 13.1. The number of hydrogen-bond donors (Lipinski definition) is 1. The molecule has 2 aromatic heterocycles. The van der Waals surface area contributed by atoms with Gasteiger partial charge in [0.05, 0.1) is 7.11 Å². The number of aryl methyl sites for hydroxylation is 1. The van der Waals surface area contributed by atoms with Gasteiger partial charge in [-0.25, -0.2) is 0 Å². The number of ether oxygens (including phenoxy) is 2. The quantitative estimate of drug-likeness (QED) is 0.530. The highest BCUT2D eigenvalue weighted by atomic mass is 16.5. The van der Waals surface area contributed by atoms with E-state index in [-0.39, 0.29) is 17.0 Å². The molecule has 0 saturated heterocycles. The summed E-state index contributed by atoms with van der Waals surface area (Å²) in [4.78, 5) is 29.6. The minimum atomic E-state index is -0.621. The molecular formula is C21H18N4O4. The molecule has 3 aromatic rings. The summed E-state index contributed by atoms with van der Waals surface area (Å²) in [5, 5.41) is 11.7. The maximum atomic E-state index is 13.1. The number of nitriles is 1. The van der Waals surface area contributed by atoms with Crippen molar-refractivity contribution < 1.29 is 14.3 Å². The molecule has 0 spiro atoms. The molecular weight excluding hydrogens is 372 g/mol. The second-order valence-electron chi connectivity index (χ2n) is 6.02. The third-order valence-corrected chi connectivity index (χ3v) is 4.21. The van der Waals surface area contributed by atoms with Crippen LogP contribution in [0.15, 0.2) is 53.0 Å². The molecule has 0 aliphatic heterocycles. The zero-order chi connectivity index (χ0) is 21.0. The second kappa shape index (κ2) is 8.27. The van der Waals surface area contributed by atoms with Crippen LogP contribution in [0.25, 0.3) is 11.7 Å². The zero-order valence-electron chi connectivity index (χ0n) is 16.1. The summed E-state index contributed by atoms with van der Waals surface area (Å²) >= 11 is 0. The van der Waals surface area contributed by atoms with E-state index in [1.165, 1.54) is 24.6 Å². The van der Waals surface area contributed by atoms with Crippen molar-refractivity contribution in [3.05, 3.63) is 69.6 Å². The molecule has 0 bridgehead atoms. The Bertz CT molecular complexity index is 1220. The molecule has 8 nitrogen and oxygen atoms in total. The largest absolute Gasteiger partial charge is 0.493 e. The Morgan fingerprint density at radius 1 is 1.24 bits per heavy atom. The highest BCUT2D eigenvalue weighted by molar-refractivity contribution is 6.01. The molecule has 8 heteroatoms. The molecule has 0 fully saturated rings. The molecule has 1 N–H and O–H groups in total. The number of carbonyl (C=O) groups excluding carboxylic acids is 1. The van der Waals surface area contributed by atoms with Gasteiger partial charge in [-0.3, -0.25) is 14.0 Å². The van der Waals surface area contributed by atoms with Crippen molar-refractivity contribution in [2.45, 2.75) is 6.92 Å². The van der Waals surface area contributed by atoms with Crippen LogP contribution in [0.5, 0.6) is 17.4 Å². The van der Waals surface area contributed by atoms with Gasteiger partial charge in [-0.1, -0.05) is 18.2 Å². The van der Waals surface area contributed by atoms with Gasteiger partial charge < -0.3 is 14.8 Å². The summed E-state index contributed by atoms with van der Waals surface area (Å²) in [6.07, 6.45) is 2.74. The van der Waals surface area contributed by atoms with Gasteiger partial charge in [0.2, 0.25) is 5.88 Å². The van der Waals surface area contributed by atoms with Crippen LogP contribution in [0.1, 0.15) is 11.1 Å². The lowest BCUT2D eigenvalue weighted by Crippen LogP contribution is -2.22. The average Bonchev–Trinajstić information content (AvgIpc) is 2.74. The Morgan fingerprint density at radius 2 is 1.97 bits per heavy atom. The van der Waals surface area contributed by atoms with Gasteiger partial charge in [0, 0.05) is 13.2 Å². The molecule has 0 atom stereocenters. The highest BCUT2D eigenvalue weighted by Gasteiger charge is 2.18. The van der Waals surface area contributed by atoms with E-state index < -0.39 is 11.5 Å². The van der Waals surface area contributed by atoms with E-state index in [1.807, 2.05) is 13.0 Å². The van der Waals surface area contributed by atoms with Crippen LogP contribution >= 0.6 is 0 Å². The van der Waals surface area contributed by atoms with E-state index in [9.17, 15) is 14.9 Å². The number of benzene rings is 1. The average molecular weight is 390 g/mol. The van der Waals surface area contributed by atoms with Crippen LogP contribution in [0.3, 0.4) is 0 Å². The van der Waals surface area contributed by atoms with Gasteiger partial charge in [0.25, 0.3) is 11.5 Å². The Labute approximate surface area is 166 Å². The molecule has 29 heavy (non-hydrogen) atoms. The molecule has 2 heterocycles. The van der Waals surface area contributed by atoms with Crippen LogP contribution < -0.4 is 20.3 Å². The molecule has 0 aliphatic carbocycles. The predicted octanol–water partition coefficient (Wildman–Crippen LogP) is 2.46. The van der Waals surface area contributed by atoms with Crippen LogP contribution in [-0.4, -0.2) is 29.4 Å². The van der Waals surface area contributed by atoms with Crippen molar-refractivity contribution in [1.82, 2.24) is 14.7 Å². The summed E-state index contributed by atoms with van der Waals surface area (Å²) in [7, 11) is 2.89. The normalized spacial score (nSPS) is 11.0. The first-order chi connectivity index (χ1) is 14.0. The number of fused-ring (bicyclic) bond motifs is 1. The number of para-hydroxylation sites is 2. The van der Waals surface area contributed by atoms with E-state index in [0.29, 0.717) is 17.1 Å². The zero-order valence-corrected chi connectivity index (χ0v) is 16.1. The molecule has 3 rings (SSSR count). The van der Waals surface area contributed by atoms with Gasteiger partial charge in [-0.2, -0.15) is 10.2 Å². The molecule has 0 radical (unpaired) electrons. The number of amides is 1. The first-order valence-electron chi connectivity index (χ1n) is 8.67. The number of methoxy groups -OCH3 is 1. The van der Waals surface area contributed by atoms with Gasteiger partial charge >= 0.3 is 0 Å². The third-order valence-electron chi connectivity index (χ3n) is 4.21. The minimum absolute atomic E-state index is 0.0286. The van der Waals surface area contributed by atoms with Gasteiger partial charge in [0.1, 0.15) is 22.9 Å². The fraction of sp³-hybridized carbons (Fsp3) is 0.143. The minimum Gasteiger partial charge on any atom is -0.493 e. The lowest BCUT2D eigenvalue weighted by molar-refractivity contribution is -0.116. The number of carbonyl (C=O) groups is 1. The van der Waals surface area contributed by atoms with Gasteiger partial charge in [0.15, 0.2) is 11.5 Å². The standard InChI is InChI=1S/C21H18N4O4/c1-13-7-6-10-25-18(13)24-20(29-17-9-5-4-8-16(17)28-3)15(21(25)27)11-14(12-22)19(26)23-2/h4-11H,1-3H3,(H,23,26)/b14-11+. The molecule has 1 aromatic carbocycles. The number of aromatic nitrogens is 2. The maximum Gasteiger partial charge on any atom is 0.269 e. The smallest absolute Gasteiger partial charge is 0.269 e. The number of nitrogens with zero attached hydrogens (tertiary/aromatic N) is 3. The van der Waals surface area contributed by atoms with Crippen molar-refractivity contribution in [3.63, 3.8) is 0 Å². The first kappa shape index (κ1) is 19.6. The Hall–Kier alpha value is -4.12. The molecule has 146 valence electrons. The summed E-state index contributed by atoms with van der Waals surface area (Å²) in [5.74, 6) is 0.129. The Morgan fingerprint density at radius 3 is 2.62 bits per heavy atom. The fourth-order valence-corrected chi connectivity index (χ4v) is 2.73. The van der Waals surface area contributed by atoms with E-state index in [1.54, 1.807) is 42.6 Å². The SMILES string of the molecule is CNC(=O)/C(C#N)=C/c1c(Oc2ccccc2OC)nc2c(C)cccn2c1=O. The van der Waals surface area contributed by atoms with E-state index in [4.69, 9.17) is 9.47 Å². The summed E-state index contributed by atoms with van der Waals surface area (Å²) in [6, 6.07) is 12.2. The van der Waals surface area contributed by atoms with Crippen LogP contribution in [0.4, 0.5) is 0 Å². The van der Waals surface area contributed by atoms with Crippen LogP contribution in [0, 0.1) is 18.3 Å². The van der Waals surface area contributed by atoms with Crippen molar-refractivity contribution in [2.75, 3.05) is 14.2 Å². The topological polar surface area (TPSA) is 106 Å². The number of pyridine rings is 1. The predicted molar refractivity (Wildman–Crippen MR) is 107 cm³/mol. The molecule has 0 saturated carbocycles. The van der Waals surface area contributed by atoms with Crippen LogP contribution in [-0.2, 0) is 4.79 Å². The number of rotatable bonds is 5. The highest BCUT2D eigenvalue weighted by Crippen LogP contribution is 2.32. The van der Waals surface area contributed by atoms with E-state index >= 15 is 0 Å². The van der Waals surface area contributed by atoms with E-state index in [0.717, 1.165) is 5.56 Å². The van der Waals surface area contributed by atoms with Crippen molar-refractivity contribution in [1.29, 1.82) is 5.26 Å². The monoisotopic (exact) mass is 390 g/mol.